The summed E-state index contributed by atoms with van der Waals surface area (Å²) in [4.78, 5) is 14.2. The molecule has 192 valence electrons. The Bertz CT molecular complexity index is 2200. The molecule has 4 aromatic carbocycles. The molecule has 0 aliphatic carbocycles. The largest absolute Gasteiger partial charge is 0.306 e. The van der Waals surface area contributed by atoms with E-state index in [4.69, 9.17) is 9.97 Å². The van der Waals surface area contributed by atoms with Gasteiger partial charge in [-0.15, -0.1) is 0 Å². The molecule has 4 heteroatoms. The number of aromatic nitrogens is 4. The third-order valence-corrected chi connectivity index (χ3v) is 7.68. The number of hydrogen-bond acceptors (Lipinski definition) is 3. The summed E-state index contributed by atoms with van der Waals surface area (Å²) >= 11 is 0. The zero-order valence-electron chi connectivity index (χ0n) is 22.1. The summed E-state index contributed by atoms with van der Waals surface area (Å²) in [5.74, 6) is 0. The van der Waals surface area contributed by atoms with Gasteiger partial charge in [-0.25, -0.2) is 9.97 Å². The molecule has 0 aliphatic heterocycles. The summed E-state index contributed by atoms with van der Waals surface area (Å²) in [6.07, 6.45) is 3.59. The number of pyridine rings is 2. The van der Waals surface area contributed by atoms with Crippen molar-refractivity contribution in [2.45, 2.75) is 0 Å². The van der Waals surface area contributed by atoms with E-state index in [9.17, 15) is 0 Å². The average molecular weight is 525 g/mol. The molecular weight excluding hydrogens is 500 g/mol. The van der Waals surface area contributed by atoms with Gasteiger partial charge < -0.3 is 4.40 Å². The number of benzene rings is 4. The molecule has 4 heterocycles. The second-order valence-corrected chi connectivity index (χ2v) is 10.2. The Kier molecular flexibility index (Phi) is 5.42. The van der Waals surface area contributed by atoms with Crippen molar-refractivity contribution in [3.63, 3.8) is 0 Å². The van der Waals surface area contributed by atoms with E-state index < -0.39 is 0 Å². The van der Waals surface area contributed by atoms with E-state index >= 15 is 0 Å². The number of rotatable bonds is 4. The van der Waals surface area contributed by atoms with Crippen LogP contribution in [0.5, 0.6) is 0 Å². The van der Waals surface area contributed by atoms with Gasteiger partial charge in [0.2, 0.25) is 0 Å². The summed E-state index contributed by atoms with van der Waals surface area (Å²) in [7, 11) is 0. The highest BCUT2D eigenvalue weighted by Gasteiger charge is 2.14. The van der Waals surface area contributed by atoms with Crippen LogP contribution in [0.3, 0.4) is 0 Å². The fourth-order valence-electron chi connectivity index (χ4n) is 5.69. The van der Waals surface area contributed by atoms with Crippen LogP contribution in [0.15, 0.2) is 146 Å². The topological polar surface area (TPSA) is 43.1 Å². The fraction of sp³-hybridized carbons (Fsp3) is 0. The van der Waals surface area contributed by atoms with E-state index in [-0.39, 0.29) is 0 Å². The van der Waals surface area contributed by atoms with Crippen LogP contribution < -0.4 is 0 Å². The van der Waals surface area contributed by atoms with Gasteiger partial charge in [-0.1, -0.05) is 78.9 Å². The molecule has 41 heavy (non-hydrogen) atoms. The average Bonchev–Trinajstić information content (AvgIpc) is 3.45. The molecule has 0 spiro atoms. The maximum atomic E-state index is 5.16. The minimum atomic E-state index is 0.939. The van der Waals surface area contributed by atoms with Gasteiger partial charge in [0.15, 0.2) is 0 Å². The Balaban J connectivity index is 1.20. The normalized spacial score (nSPS) is 11.4. The van der Waals surface area contributed by atoms with Crippen LogP contribution in [-0.2, 0) is 0 Å². The first-order chi connectivity index (χ1) is 20.3. The third-order valence-electron chi connectivity index (χ3n) is 7.68. The molecular formula is C37H24N4. The summed E-state index contributed by atoms with van der Waals surface area (Å²) in [6, 6.07) is 46.6. The predicted molar refractivity (Wildman–Crippen MR) is 168 cm³/mol. The SMILES string of the molecule is c1cc(-c2ccc(-c3cccc(-c4ccncc4)n3)cc2)cc(-c2nc3ccccc3n3c2cc2ccccc23)c1. The minimum Gasteiger partial charge on any atom is -0.306 e. The summed E-state index contributed by atoms with van der Waals surface area (Å²) in [6.45, 7) is 0. The Morgan fingerprint density at radius 3 is 1.90 bits per heavy atom. The summed E-state index contributed by atoms with van der Waals surface area (Å²) in [5, 5.41) is 1.21. The van der Waals surface area contributed by atoms with E-state index in [1.54, 1.807) is 12.4 Å². The highest BCUT2D eigenvalue weighted by molar-refractivity contribution is 5.98. The zero-order chi connectivity index (χ0) is 27.2. The molecule has 0 fully saturated rings. The van der Waals surface area contributed by atoms with Gasteiger partial charge in [0.1, 0.15) is 0 Å². The van der Waals surface area contributed by atoms with Crippen molar-refractivity contribution in [3.8, 4) is 44.9 Å². The van der Waals surface area contributed by atoms with Gasteiger partial charge >= 0.3 is 0 Å². The standard InChI is InChI=1S/C37H24N4/c1-3-13-34-29(7-1)24-36-37(40-33-10-2-4-14-35(33)41(34)36)30-9-5-8-28(23-30)25-15-17-26(18-16-25)31-11-6-12-32(39-31)27-19-21-38-22-20-27/h1-24H. The summed E-state index contributed by atoms with van der Waals surface area (Å²) < 4.78 is 2.33. The maximum absolute atomic E-state index is 5.16. The van der Waals surface area contributed by atoms with E-state index in [0.29, 0.717) is 0 Å². The van der Waals surface area contributed by atoms with Crippen LogP contribution in [0.25, 0.3) is 72.4 Å². The lowest BCUT2D eigenvalue weighted by atomic mass is 9.99. The van der Waals surface area contributed by atoms with Gasteiger partial charge in [0, 0.05) is 34.5 Å². The Morgan fingerprint density at radius 1 is 0.415 bits per heavy atom. The molecule has 0 aliphatic rings. The van der Waals surface area contributed by atoms with E-state index in [1.165, 1.54) is 10.9 Å². The van der Waals surface area contributed by atoms with Gasteiger partial charge in [-0.3, -0.25) is 4.98 Å². The highest BCUT2D eigenvalue weighted by atomic mass is 14.9. The van der Waals surface area contributed by atoms with Gasteiger partial charge in [0.05, 0.1) is 39.1 Å². The molecule has 0 amide bonds. The molecule has 0 bridgehead atoms. The number of para-hydroxylation sites is 3. The smallest absolute Gasteiger partial charge is 0.0951 e. The zero-order valence-corrected chi connectivity index (χ0v) is 22.1. The Morgan fingerprint density at radius 2 is 1.07 bits per heavy atom. The summed E-state index contributed by atoms with van der Waals surface area (Å²) in [5.41, 5.74) is 12.8. The van der Waals surface area contributed by atoms with Crippen molar-refractivity contribution in [2.75, 3.05) is 0 Å². The molecule has 0 atom stereocenters. The molecule has 4 aromatic heterocycles. The van der Waals surface area contributed by atoms with Crippen LogP contribution in [0.1, 0.15) is 0 Å². The van der Waals surface area contributed by atoms with Crippen LogP contribution >= 0.6 is 0 Å². The fourth-order valence-corrected chi connectivity index (χ4v) is 5.69. The minimum absolute atomic E-state index is 0.939. The quantitative estimate of drug-likeness (QED) is 0.231. The molecule has 8 rings (SSSR count). The van der Waals surface area contributed by atoms with Gasteiger partial charge in [-0.05, 0) is 65.7 Å². The first kappa shape index (κ1) is 23.3. The third kappa shape index (κ3) is 4.05. The van der Waals surface area contributed by atoms with Crippen LogP contribution in [0, 0.1) is 0 Å². The van der Waals surface area contributed by atoms with E-state index in [1.807, 2.05) is 18.2 Å². The van der Waals surface area contributed by atoms with E-state index in [2.05, 4.69) is 125 Å². The van der Waals surface area contributed by atoms with Crippen molar-refractivity contribution in [1.29, 1.82) is 0 Å². The number of fused-ring (bicyclic) bond motifs is 5. The molecule has 0 radical (unpaired) electrons. The second-order valence-electron chi connectivity index (χ2n) is 10.2. The van der Waals surface area contributed by atoms with Crippen molar-refractivity contribution in [1.82, 2.24) is 19.4 Å². The Labute approximate surface area is 237 Å². The molecule has 8 aromatic rings. The molecule has 0 unspecified atom stereocenters. The Hall–Kier alpha value is -5.61. The maximum Gasteiger partial charge on any atom is 0.0951 e. The van der Waals surface area contributed by atoms with Gasteiger partial charge in [0.25, 0.3) is 0 Å². The second kappa shape index (κ2) is 9.54. The van der Waals surface area contributed by atoms with Crippen LogP contribution in [0.4, 0.5) is 0 Å². The molecule has 0 saturated carbocycles. The van der Waals surface area contributed by atoms with Crippen molar-refractivity contribution < 1.29 is 0 Å². The first-order valence-corrected chi connectivity index (χ1v) is 13.7. The monoisotopic (exact) mass is 524 g/mol. The lowest BCUT2D eigenvalue weighted by Gasteiger charge is -2.11. The van der Waals surface area contributed by atoms with Crippen molar-refractivity contribution in [2.24, 2.45) is 0 Å². The van der Waals surface area contributed by atoms with Crippen LogP contribution in [0.2, 0.25) is 0 Å². The van der Waals surface area contributed by atoms with Crippen LogP contribution in [-0.4, -0.2) is 19.4 Å². The first-order valence-electron chi connectivity index (χ1n) is 13.7. The lowest BCUT2D eigenvalue weighted by Crippen LogP contribution is -1.95. The van der Waals surface area contributed by atoms with E-state index in [0.717, 1.165) is 61.4 Å². The van der Waals surface area contributed by atoms with Gasteiger partial charge in [-0.2, -0.15) is 0 Å². The predicted octanol–water partition coefficient (Wildman–Crippen LogP) is 9.10. The molecule has 0 N–H and O–H groups in total. The number of hydrogen-bond donors (Lipinski definition) is 0. The molecule has 4 nitrogen and oxygen atoms in total. The molecule has 0 saturated heterocycles. The number of nitrogens with zero attached hydrogens (tertiary/aromatic N) is 4. The highest BCUT2D eigenvalue weighted by Crippen LogP contribution is 2.34. The van der Waals surface area contributed by atoms with Crippen molar-refractivity contribution >= 4 is 27.5 Å². The lowest BCUT2D eigenvalue weighted by molar-refractivity contribution is 1.27. The van der Waals surface area contributed by atoms with Crippen molar-refractivity contribution in [3.05, 3.63) is 146 Å².